The van der Waals surface area contributed by atoms with Gasteiger partial charge in [-0.1, -0.05) is 6.07 Å². The fraction of sp³-hybridized carbons (Fsp3) is 0.538. The molecule has 1 heterocycles. The minimum Gasteiger partial charge on any atom is -0.368 e. The predicted octanol–water partition coefficient (Wildman–Crippen LogP) is 2.43. The lowest BCUT2D eigenvalue weighted by Gasteiger charge is -2.20. The quantitative estimate of drug-likeness (QED) is 0.846. The maximum Gasteiger partial charge on any atom is 0.270 e. The number of nitrogens with one attached hydrogen (secondary N) is 2. The van der Waals surface area contributed by atoms with E-state index in [-0.39, 0.29) is 11.4 Å². The Morgan fingerprint density at radius 3 is 2.47 bits per heavy atom. The van der Waals surface area contributed by atoms with Gasteiger partial charge < -0.3 is 10.6 Å². The molecule has 4 heteroatoms. The van der Waals surface area contributed by atoms with Gasteiger partial charge >= 0.3 is 0 Å². The van der Waals surface area contributed by atoms with Crippen molar-refractivity contribution in [3.8, 4) is 0 Å². The Bertz CT molecular complexity index is 394. The molecule has 0 fully saturated rings. The van der Waals surface area contributed by atoms with Crippen LogP contribution in [0.3, 0.4) is 0 Å². The highest BCUT2D eigenvalue weighted by molar-refractivity contribution is 5.93. The first-order valence-electron chi connectivity index (χ1n) is 5.84. The SMILES string of the molecule is CC(C)Nc1cccc(C(=O)NC(C)(C)C)n1. The summed E-state index contributed by atoms with van der Waals surface area (Å²) in [4.78, 5) is 16.2. The van der Waals surface area contributed by atoms with Crippen LogP contribution < -0.4 is 10.6 Å². The van der Waals surface area contributed by atoms with Crippen molar-refractivity contribution in [3.05, 3.63) is 23.9 Å². The summed E-state index contributed by atoms with van der Waals surface area (Å²) in [5, 5.41) is 6.06. The van der Waals surface area contributed by atoms with E-state index in [2.05, 4.69) is 15.6 Å². The van der Waals surface area contributed by atoms with Gasteiger partial charge in [-0.3, -0.25) is 4.79 Å². The summed E-state index contributed by atoms with van der Waals surface area (Å²) in [5.41, 5.74) is 0.186. The van der Waals surface area contributed by atoms with Gasteiger partial charge in [-0.25, -0.2) is 4.98 Å². The van der Waals surface area contributed by atoms with Gasteiger partial charge in [0.2, 0.25) is 0 Å². The maximum absolute atomic E-state index is 11.9. The number of hydrogen-bond donors (Lipinski definition) is 2. The Labute approximate surface area is 103 Å². The van der Waals surface area contributed by atoms with E-state index >= 15 is 0 Å². The number of carbonyl (C=O) groups excluding carboxylic acids is 1. The van der Waals surface area contributed by atoms with Crippen LogP contribution in [-0.4, -0.2) is 22.5 Å². The second kappa shape index (κ2) is 5.17. The van der Waals surface area contributed by atoms with Crippen LogP contribution in [0.5, 0.6) is 0 Å². The molecule has 2 N–H and O–H groups in total. The molecule has 0 atom stereocenters. The van der Waals surface area contributed by atoms with E-state index < -0.39 is 0 Å². The normalized spacial score (nSPS) is 11.4. The van der Waals surface area contributed by atoms with E-state index in [1.807, 2.05) is 46.8 Å². The summed E-state index contributed by atoms with van der Waals surface area (Å²) in [6.07, 6.45) is 0. The molecule has 0 aliphatic carbocycles. The highest BCUT2D eigenvalue weighted by atomic mass is 16.2. The highest BCUT2D eigenvalue weighted by Crippen LogP contribution is 2.08. The average Bonchev–Trinajstić information content (AvgIpc) is 2.14. The largest absolute Gasteiger partial charge is 0.368 e. The zero-order chi connectivity index (χ0) is 13.1. The van der Waals surface area contributed by atoms with Crippen LogP contribution in [0, 0.1) is 0 Å². The molecule has 0 spiro atoms. The van der Waals surface area contributed by atoms with E-state index in [0.717, 1.165) is 5.82 Å². The summed E-state index contributed by atoms with van der Waals surface area (Å²) in [6, 6.07) is 5.69. The van der Waals surface area contributed by atoms with Crippen molar-refractivity contribution in [2.45, 2.75) is 46.2 Å². The van der Waals surface area contributed by atoms with Crippen molar-refractivity contribution < 1.29 is 4.79 Å². The highest BCUT2D eigenvalue weighted by Gasteiger charge is 2.16. The number of carbonyl (C=O) groups is 1. The van der Waals surface area contributed by atoms with Crippen LogP contribution in [0.25, 0.3) is 0 Å². The molecule has 1 amide bonds. The van der Waals surface area contributed by atoms with Gasteiger partial charge in [0.15, 0.2) is 0 Å². The van der Waals surface area contributed by atoms with Crippen molar-refractivity contribution in [2.75, 3.05) is 5.32 Å². The molecule has 0 saturated heterocycles. The maximum atomic E-state index is 11.9. The number of amides is 1. The van der Waals surface area contributed by atoms with Crippen molar-refractivity contribution in [1.29, 1.82) is 0 Å². The van der Waals surface area contributed by atoms with Crippen LogP contribution in [0.2, 0.25) is 0 Å². The summed E-state index contributed by atoms with van der Waals surface area (Å²) >= 11 is 0. The molecule has 1 aromatic rings. The van der Waals surface area contributed by atoms with Gasteiger partial charge in [-0.05, 0) is 46.8 Å². The van der Waals surface area contributed by atoms with Crippen molar-refractivity contribution in [2.24, 2.45) is 0 Å². The average molecular weight is 235 g/mol. The zero-order valence-corrected chi connectivity index (χ0v) is 11.2. The third kappa shape index (κ3) is 4.85. The molecule has 17 heavy (non-hydrogen) atoms. The number of nitrogens with zero attached hydrogens (tertiary/aromatic N) is 1. The summed E-state index contributed by atoms with van der Waals surface area (Å²) < 4.78 is 0. The Morgan fingerprint density at radius 2 is 1.94 bits per heavy atom. The van der Waals surface area contributed by atoms with Crippen LogP contribution in [0.4, 0.5) is 5.82 Å². The molecule has 0 aromatic carbocycles. The number of hydrogen-bond acceptors (Lipinski definition) is 3. The van der Waals surface area contributed by atoms with Crippen molar-refractivity contribution in [3.63, 3.8) is 0 Å². The Balaban J connectivity index is 2.81. The predicted molar refractivity (Wildman–Crippen MR) is 70.2 cm³/mol. The first kappa shape index (κ1) is 13.5. The van der Waals surface area contributed by atoms with E-state index in [1.54, 1.807) is 6.07 Å². The molecular formula is C13H21N3O. The Kier molecular flexibility index (Phi) is 4.10. The third-order valence-corrected chi connectivity index (χ3v) is 1.91. The number of pyridine rings is 1. The van der Waals surface area contributed by atoms with E-state index in [1.165, 1.54) is 0 Å². The molecule has 1 aromatic heterocycles. The lowest BCUT2D eigenvalue weighted by Crippen LogP contribution is -2.41. The lowest BCUT2D eigenvalue weighted by molar-refractivity contribution is 0.0914. The second-order valence-electron chi connectivity index (χ2n) is 5.41. The van der Waals surface area contributed by atoms with E-state index in [0.29, 0.717) is 11.7 Å². The van der Waals surface area contributed by atoms with E-state index in [4.69, 9.17) is 0 Å². The van der Waals surface area contributed by atoms with Gasteiger partial charge in [-0.15, -0.1) is 0 Å². The molecule has 4 nitrogen and oxygen atoms in total. The monoisotopic (exact) mass is 235 g/mol. The topological polar surface area (TPSA) is 54.0 Å². The Morgan fingerprint density at radius 1 is 1.29 bits per heavy atom. The first-order chi connectivity index (χ1) is 7.78. The fourth-order valence-corrected chi connectivity index (χ4v) is 1.34. The number of aromatic nitrogens is 1. The molecule has 0 radical (unpaired) electrons. The minimum atomic E-state index is -0.250. The summed E-state index contributed by atoms with van der Waals surface area (Å²) in [6.45, 7) is 9.90. The molecule has 0 saturated carbocycles. The van der Waals surface area contributed by atoms with Gasteiger partial charge in [0.05, 0.1) is 0 Å². The number of anilines is 1. The standard InChI is InChI=1S/C13H21N3O/c1-9(2)14-11-8-6-7-10(15-11)12(17)16-13(3,4)5/h6-9H,1-5H3,(H,14,15)(H,16,17). The third-order valence-electron chi connectivity index (χ3n) is 1.91. The van der Waals surface area contributed by atoms with Gasteiger partial charge in [0, 0.05) is 11.6 Å². The smallest absolute Gasteiger partial charge is 0.270 e. The van der Waals surface area contributed by atoms with Gasteiger partial charge in [0.25, 0.3) is 5.91 Å². The van der Waals surface area contributed by atoms with Crippen LogP contribution in [0.1, 0.15) is 45.1 Å². The first-order valence-corrected chi connectivity index (χ1v) is 5.84. The summed E-state index contributed by atoms with van der Waals surface area (Å²) in [5.74, 6) is 0.575. The Hall–Kier alpha value is -1.58. The van der Waals surface area contributed by atoms with E-state index in [9.17, 15) is 4.79 Å². The minimum absolute atomic E-state index is 0.148. The van der Waals surface area contributed by atoms with Gasteiger partial charge in [0.1, 0.15) is 11.5 Å². The van der Waals surface area contributed by atoms with Crippen molar-refractivity contribution >= 4 is 11.7 Å². The lowest BCUT2D eigenvalue weighted by atomic mass is 10.1. The summed E-state index contributed by atoms with van der Waals surface area (Å²) in [7, 11) is 0. The molecule has 0 aliphatic heterocycles. The fourth-order valence-electron chi connectivity index (χ4n) is 1.34. The van der Waals surface area contributed by atoms with Crippen LogP contribution in [-0.2, 0) is 0 Å². The number of rotatable bonds is 3. The van der Waals surface area contributed by atoms with Crippen LogP contribution >= 0.6 is 0 Å². The second-order valence-corrected chi connectivity index (χ2v) is 5.41. The van der Waals surface area contributed by atoms with Gasteiger partial charge in [-0.2, -0.15) is 0 Å². The molecule has 1 rings (SSSR count). The molecule has 94 valence electrons. The molecule has 0 aliphatic rings. The molecule has 0 bridgehead atoms. The molecular weight excluding hydrogens is 214 g/mol. The molecule has 0 unspecified atom stereocenters. The van der Waals surface area contributed by atoms with Crippen molar-refractivity contribution in [1.82, 2.24) is 10.3 Å². The van der Waals surface area contributed by atoms with Crippen LogP contribution in [0.15, 0.2) is 18.2 Å². The zero-order valence-electron chi connectivity index (χ0n) is 11.2.